The molecule has 7 heteroatoms. The summed E-state index contributed by atoms with van der Waals surface area (Å²) in [6, 6.07) is 6.93. The maximum Gasteiger partial charge on any atom is 0.175 e. The zero-order valence-corrected chi connectivity index (χ0v) is 13.3. The Balaban J connectivity index is 1.65. The quantitative estimate of drug-likeness (QED) is 0.845. The van der Waals surface area contributed by atoms with Gasteiger partial charge in [-0.1, -0.05) is 24.1 Å². The Labute approximate surface area is 130 Å². The molecule has 0 spiro atoms. The van der Waals surface area contributed by atoms with Crippen LogP contribution < -0.4 is 4.74 Å². The predicted molar refractivity (Wildman–Crippen MR) is 81.4 cm³/mol. The van der Waals surface area contributed by atoms with Gasteiger partial charge in [-0.2, -0.15) is 0 Å². The van der Waals surface area contributed by atoms with E-state index in [1.54, 1.807) is 18.2 Å². The highest BCUT2D eigenvalue weighted by atomic mass is 32.2. The summed E-state index contributed by atoms with van der Waals surface area (Å²) in [6.07, 6.45) is 7.89. The van der Waals surface area contributed by atoms with Crippen molar-refractivity contribution in [2.45, 2.75) is 43.2 Å². The van der Waals surface area contributed by atoms with Gasteiger partial charge in [0.25, 0.3) is 0 Å². The number of nitrogens with zero attached hydrogens (tertiary/aromatic N) is 3. The maximum absolute atomic E-state index is 11.5. The first-order valence-electron chi connectivity index (χ1n) is 7.36. The van der Waals surface area contributed by atoms with Crippen molar-refractivity contribution in [3.05, 3.63) is 36.2 Å². The molecule has 1 heterocycles. The monoisotopic (exact) mass is 321 g/mol. The van der Waals surface area contributed by atoms with Crippen molar-refractivity contribution in [3.8, 4) is 5.75 Å². The molecule has 1 aliphatic carbocycles. The van der Waals surface area contributed by atoms with Gasteiger partial charge in [-0.3, -0.25) is 0 Å². The van der Waals surface area contributed by atoms with Gasteiger partial charge in [-0.25, -0.2) is 13.1 Å². The summed E-state index contributed by atoms with van der Waals surface area (Å²) in [6.45, 7) is 0.278. The lowest BCUT2D eigenvalue weighted by atomic mass is 10.2. The van der Waals surface area contributed by atoms with E-state index in [0.717, 1.165) is 18.5 Å². The SMILES string of the molecule is CS(=O)(=O)c1cccc(OCc2cn(C3CCCC3)nn2)c1. The van der Waals surface area contributed by atoms with E-state index in [4.69, 9.17) is 4.74 Å². The molecular weight excluding hydrogens is 302 g/mol. The lowest BCUT2D eigenvalue weighted by molar-refractivity contribution is 0.300. The third-order valence-corrected chi connectivity index (χ3v) is 4.99. The highest BCUT2D eigenvalue weighted by Gasteiger charge is 2.18. The van der Waals surface area contributed by atoms with Gasteiger partial charge in [-0.15, -0.1) is 5.10 Å². The highest BCUT2D eigenvalue weighted by molar-refractivity contribution is 7.90. The Kier molecular flexibility index (Phi) is 4.15. The zero-order valence-electron chi connectivity index (χ0n) is 12.5. The van der Waals surface area contributed by atoms with E-state index in [1.807, 2.05) is 10.9 Å². The largest absolute Gasteiger partial charge is 0.487 e. The molecular formula is C15H19N3O3S. The smallest absolute Gasteiger partial charge is 0.175 e. The van der Waals surface area contributed by atoms with Gasteiger partial charge < -0.3 is 4.74 Å². The first-order chi connectivity index (χ1) is 10.5. The predicted octanol–water partition coefficient (Wildman–Crippen LogP) is 2.38. The van der Waals surface area contributed by atoms with Crippen molar-refractivity contribution in [2.24, 2.45) is 0 Å². The van der Waals surface area contributed by atoms with Crippen LogP contribution in [0.2, 0.25) is 0 Å². The van der Waals surface area contributed by atoms with Gasteiger partial charge in [-0.05, 0) is 31.0 Å². The van der Waals surface area contributed by atoms with Gasteiger partial charge in [0, 0.05) is 6.26 Å². The molecule has 0 unspecified atom stereocenters. The number of aromatic nitrogens is 3. The summed E-state index contributed by atoms with van der Waals surface area (Å²) >= 11 is 0. The fourth-order valence-electron chi connectivity index (χ4n) is 2.68. The molecule has 1 fully saturated rings. The van der Waals surface area contributed by atoms with E-state index in [-0.39, 0.29) is 11.5 Å². The molecule has 0 saturated heterocycles. The van der Waals surface area contributed by atoms with Gasteiger partial charge in [0.05, 0.1) is 17.1 Å². The van der Waals surface area contributed by atoms with Crippen LogP contribution in [0, 0.1) is 0 Å². The molecule has 1 saturated carbocycles. The molecule has 1 aromatic heterocycles. The summed E-state index contributed by atoms with van der Waals surface area (Å²) in [5, 5.41) is 8.27. The normalized spacial score (nSPS) is 16.0. The van der Waals surface area contributed by atoms with Crippen LogP contribution in [0.25, 0.3) is 0 Å². The Morgan fingerprint density at radius 3 is 2.82 bits per heavy atom. The average molecular weight is 321 g/mol. The van der Waals surface area contributed by atoms with Crippen LogP contribution in [0.3, 0.4) is 0 Å². The van der Waals surface area contributed by atoms with E-state index in [0.29, 0.717) is 11.8 Å². The molecule has 0 amide bonds. The summed E-state index contributed by atoms with van der Waals surface area (Å²) in [5.74, 6) is 0.512. The molecule has 3 rings (SSSR count). The number of rotatable bonds is 5. The van der Waals surface area contributed by atoms with Crippen molar-refractivity contribution in [2.75, 3.05) is 6.26 Å². The molecule has 2 aromatic rings. The van der Waals surface area contributed by atoms with E-state index in [1.165, 1.54) is 25.2 Å². The Morgan fingerprint density at radius 2 is 2.09 bits per heavy atom. The molecule has 6 nitrogen and oxygen atoms in total. The van der Waals surface area contributed by atoms with Crippen molar-refractivity contribution in [1.82, 2.24) is 15.0 Å². The van der Waals surface area contributed by atoms with E-state index in [2.05, 4.69) is 10.3 Å². The van der Waals surface area contributed by atoms with Gasteiger partial charge >= 0.3 is 0 Å². The Bertz CT molecular complexity index is 749. The molecule has 1 aliphatic rings. The second kappa shape index (κ2) is 6.08. The first-order valence-corrected chi connectivity index (χ1v) is 9.25. The summed E-state index contributed by atoms with van der Waals surface area (Å²) in [5.41, 5.74) is 0.747. The van der Waals surface area contributed by atoms with Crippen LogP contribution in [0.4, 0.5) is 0 Å². The Hall–Kier alpha value is -1.89. The van der Waals surface area contributed by atoms with Gasteiger partial charge in [0.15, 0.2) is 9.84 Å². The fourth-order valence-corrected chi connectivity index (χ4v) is 3.33. The van der Waals surface area contributed by atoms with Crippen molar-refractivity contribution >= 4 is 9.84 Å². The van der Waals surface area contributed by atoms with Crippen molar-refractivity contribution in [1.29, 1.82) is 0 Å². The molecule has 0 bridgehead atoms. The van der Waals surface area contributed by atoms with Crippen molar-refractivity contribution < 1.29 is 13.2 Å². The van der Waals surface area contributed by atoms with Crippen LogP contribution in [0.5, 0.6) is 5.75 Å². The number of hydrogen-bond acceptors (Lipinski definition) is 5. The number of hydrogen-bond donors (Lipinski definition) is 0. The van der Waals surface area contributed by atoms with E-state index < -0.39 is 9.84 Å². The van der Waals surface area contributed by atoms with Gasteiger partial charge in [0.1, 0.15) is 18.1 Å². The zero-order chi connectivity index (χ0) is 15.6. The van der Waals surface area contributed by atoms with Crippen LogP contribution in [0.1, 0.15) is 37.4 Å². The lowest BCUT2D eigenvalue weighted by Gasteiger charge is -2.07. The lowest BCUT2D eigenvalue weighted by Crippen LogP contribution is -2.04. The molecule has 0 atom stereocenters. The van der Waals surface area contributed by atoms with Crippen LogP contribution >= 0.6 is 0 Å². The van der Waals surface area contributed by atoms with Crippen LogP contribution in [-0.4, -0.2) is 29.7 Å². The number of benzene rings is 1. The summed E-state index contributed by atoms with van der Waals surface area (Å²) in [4.78, 5) is 0.250. The van der Waals surface area contributed by atoms with Gasteiger partial charge in [0.2, 0.25) is 0 Å². The minimum Gasteiger partial charge on any atom is -0.487 e. The van der Waals surface area contributed by atoms with Crippen molar-refractivity contribution in [3.63, 3.8) is 0 Å². The number of ether oxygens (including phenoxy) is 1. The topological polar surface area (TPSA) is 74.1 Å². The summed E-state index contributed by atoms with van der Waals surface area (Å²) < 4.78 is 30.6. The number of sulfone groups is 1. The average Bonchev–Trinajstić information content (AvgIpc) is 3.15. The maximum atomic E-state index is 11.5. The van der Waals surface area contributed by atoms with Crippen LogP contribution in [-0.2, 0) is 16.4 Å². The summed E-state index contributed by atoms with van der Waals surface area (Å²) in [7, 11) is -3.23. The molecule has 1 aromatic carbocycles. The molecule has 0 radical (unpaired) electrons. The molecule has 118 valence electrons. The molecule has 0 N–H and O–H groups in total. The Morgan fingerprint density at radius 1 is 1.32 bits per heavy atom. The minimum absolute atomic E-state index is 0.250. The first kappa shape index (κ1) is 15.0. The second-order valence-electron chi connectivity index (χ2n) is 5.66. The highest BCUT2D eigenvalue weighted by Crippen LogP contribution is 2.28. The van der Waals surface area contributed by atoms with E-state index in [9.17, 15) is 8.42 Å². The van der Waals surface area contributed by atoms with E-state index >= 15 is 0 Å². The standard InChI is InChI=1S/C15H19N3O3S/c1-22(19,20)15-8-4-7-14(9-15)21-11-12-10-18(17-16-12)13-5-2-3-6-13/h4,7-10,13H,2-3,5-6,11H2,1H3. The molecule has 22 heavy (non-hydrogen) atoms. The third-order valence-electron chi connectivity index (χ3n) is 3.88. The second-order valence-corrected chi connectivity index (χ2v) is 7.68. The minimum atomic E-state index is -3.23. The molecule has 0 aliphatic heterocycles. The van der Waals surface area contributed by atoms with Crippen LogP contribution in [0.15, 0.2) is 35.4 Å². The third kappa shape index (κ3) is 3.47. The fraction of sp³-hybridized carbons (Fsp3) is 0.467.